The quantitative estimate of drug-likeness (QED) is 0.609. The highest BCUT2D eigenvalue weighted by molar-refractivity contribution is 8.14. The molecule has 1 N–H and O–H groups in total. The van der Waals surface area contributed by atoms with Crippen LogP contribution in [0.5, 0.6) is 0 Å². The van der Waals surface area contributed by atoms with Gasteiger partial charge in [0.05, 0.1) is 11.4 Å². The van der Waals surface area contributed by atoms with Crippen LogP contribution in [-0.4, -0.2) is 40.0 Å². The summed E-state index contributed by atoms with van der Waals surface area (Å²) in [6.45, 7) is 0.560. The van der Waals surface area contributed by atoms with E-state index in [9.17, 15) is 9.59 Å². The maximum Gasteiger partial charge on any atom is 0.263 e. The maximum absolute atomic E-state index is 13.4. The zero-order chi connectivity index (χ0) is 22.6. The van der Waals surface area contributed by atoms with Gasteiger partial charge in [-0.3, -0.25) is 9.59 Å². The zero-order valence-corrected chi connectivity index (χ0v) is 18.7. The molecule has 2 aliphatic heterocycles. The lowest BCUT2D eigenvalue weighted by Crippen LogP contribution is -2.40. The van der Waals surface area contributed by atoms with E-state index in [4.69, 9.17) is 9.98 Å². The van der Waals surface area contributed by atoms with Gasteiger partial charge in [-0.25, -0.2) is 14.9 Å². The Kier molecular flexibility index (Phi) is 6.04. The average Bonchev–Trinajstić information content (AvgIpc) is 3.21. The molecule has 0 saturated carbocycles. The lowest BCUT2D eigenvalue weighted by Gasteiger charge is -2.25. The number of carbonyl (C=O) groups excluding carboxylic acids is 2. The second kappa shape index (κ2) is 9.42. The molecule has 5 rings (SSSR count). The number of amides is 2. The highest BCUT2D eigenvalue weighted by Gasteiger charge is 2.42. The number of benzene rings is 3. The molecule has 33 heavy (non-hydrogen) atoms. The zero-order valence-electron chi connectivity index (χ0n) is 17.8. The summed E-state index contributed by atoms with van der Waals surface area (Å²) in [5.41, 5.74) is 3.58. The summed E-state index contributed by atoms with van der Waals surface area (Å²) in [4.78, 5) is 36.8. The Labute approximate surface area is 196 Å². The van der Waals surface area contributed by atoms with E-state index < -0.39 is 6.04 Å². The lowest BCUT2D eigenvalue weighted by molar-refractivity contribution is -0.124. The maximum atomic E-state index is 13.4. The van der Waals surface area contributed by atoms with E-state index in [2.05, 4.69) is 5.32 Å². The molecule has 7 heteroatoms. The van der Waals surface area contributed by atoms with Gasteiger partial charge in [0.2, 0.25) is 5.91 Å². The minimum atomic E-state index is -0.613. The molecular weight excluding hydrogens is 432 g/mol. The van der Waals surface area contributed by atoms with Crippen LogP contribution in [0.4, 0.5) is 5.69 Å². The summed E-state index contributed by atoms with van der Waals surface area (Å²) in [7, 11) is 0. The molecule has 0 unspecified atom stereocenters. The van der Waals surface area contributed by atoms with Crippen molar-refractivity contribution in [1.29, 1.82) is 0 Å². The average molecular weight is 455 g/mol. The van der Waals surface area contributed by atoms with Crippen molar-refractivity contribution >= 4 is 40.3 Å². The fraction of sp³-hybridized carbons (Fsp3) is 0.154. The Balaban J connectivity index is 1.31. The second-order valence-corrected chi connectivity index (χ2v) is 8.67. The highest BCUT2D eigenvalue weighted by atomic mass is 32.2. The second-order valence-electron chi connectivity index (χ2n) is 7.73. The van der Waals surface area contributed by atoms with E-state index in [1.807, 2.05) is 84.9 Å². The van der Waals surface area contributed by atoms with Crippen LogP contribution < -0.4 is 5.32 Å². The van der Waals surface area contributed by atoms with Crippen LogP contribution in [0.3, 0.4) is 0 Å². The monoisotopic (exact) mass is 454 g/mol. The molecule has 2 aliphatic rings. The topological polar surface area (TPSA) is 74.1 Å². The first-order valence-corrected chi connectivity index (χ1v) is 11.8. The van der Waals surface area contributed by atoms with Crippen molar-refractivity contribution in [2.24, 2.45) is 9.98 Å². The number of nitrogens with one attached hydrogen (secondary N) is 1. The molecule has 0 saturated heterocycles. The summed E-state index contributed by atoms with van der Waals surface area (Å²) in [6, 6.07) is 26.6. The van der Waals surface area contributed by atoms with Gasteiger partial charge in [-0.2, -0.15) is 0 Å². The number of amidine groups is 2. The van der Waals surface area contributed by atoms with Crippen LogP contribution >= 0.6 is 11.8 Å². The third kappa shape index (κ3) is 4.45. The molecule has 0 aliphatic carbocycles. The summed E-state index contributed by atoms with van der Waals surface area (Å²) in [5.74, 6) is 0.512. The number of nitrogens with zero attached hydrogens (tertiary/aromatic N) is 3. The number of hydrogen-bond acceptors (Lipinski definition) is 5. The van der Waals surface area contributed by atoms with Crippen molar-refractivity contribution in [1.82, 2.24) is 10.2 Å². The molecule has 1 atom stereocenters. The fourth-order valence-electron chi connectivity index (χ4n) is 3.87. The Morgan fingerprint density at radius 1 is 0.939 bits per heavy atom. The summed E-state index contributed by atoms with van der Waals surface area (Å²) < 4.78 is 0. The van der Waals surface area contributed by atoms with Crippen LogP contribution in [0.2, 0.25) is 0 Å². The van der Waals surface area contributed by atoms with Gasteiger partial charge in [-0.05, 0) is 29.7 Å². The molecule has 0 radical (unpaired) electrons. The van der Waals surface area contributed by atoms with Crippen LogP contribution in [0.25, 0.3) is 0 Å². The van der Waals surface area contributed by atoms with Gasteiger partial charge in [0.15, 0.2) is 11.2 Å². The van der Waals surface area contributed by atoms with Crippen molar-refractivity contribution in [2.75, 3.05) is 12.3 Å². The van der Waals surface area contributed by atoms with Crippen LogP contribution in [0, 0.1) is 0 Å². The molecule has 0 fully saturated rings. The molecule has 0 bridgehead atoms. The van der Waals surface area contributed by atoms with Gasteiger partial charge >= 0.3 is 0 Å². The Morgan fingerprint density at radius 3 is 2.42 bits per heavy atom. The van der Waals surface area contributed by atoms with Gasteiger partial charge in [-0.15, -0.1) is 0 Å². The molecule has 0 aromatic heterocycles. The van der Waals surface area contributed by atoms with E-state index in [1.54, 1.807) is 4.90 Å². The third-order valence-electron chi connectivity index (χ3n) is 5.50. The van der Waals surface area contributed by atoms with Crippen LogP contribution in [-0.2, 0) is 16.0 Å². The van der Waals surface area contributed by atoms with Crippen molar-refractivity contribution < 1.29 is 9.59 Å². The van der Waals surface area contributed by atoms with Crippen molar-refractivity contribution in [3.63, 3.8) is 0 Å². The first kappa shape index (κ1) is 21.2. The Morgan fingerprint density at radius 2 is 1.64 bits per heavy atom. The summed E-state index contributed by atoms with van der Waals surface area (Å²) >= 11 is 1.25. The molecule has 2 heterocycles. The highest BCUT2D eigenvalue weighted by Crippen LogP contribution is 2.37. The van der Waals surface area contributed by atoms with Gasteiger partial charge in [0, 0.05) is 12.1 Å². The third-order valence-corrected chi connectivity index (χ3v) is 6.43. The number of carbonyl (C=O) groups is 2. The van der Waals surface area contributed by atoms with E-state index in [1.165, 1.54) is 17.3 Å². The number of fused-ring (bicyclic) bond motifs is 3. The standard InChI is InChI=1S/C26H22N4O2S/c31-22(27-16-15-18-9-3-1-4-10-18)17-33-26-28-21-14-8-7-13-20(21)24-29-23(25(32)30(24)26)19-11-5-2-6-12-19/h1-14,23H,15-17H2,(H,27,31)/t23-/m1/s1. The normalized spacial score (nSPS) is 16.5. The van der Waals surface area contributed by atoms with E-state index >= 15 is 0 Å². The fourth-order valence-corrected chi connectivity index (χ4v) is 4.70. The smallest absolute Gasteiger partial charge is 0.263 e. The van der Waals surface area contributed by atoms with E-state index in [-0.39, 0.29) is 17.6 Å². The number of hydrogen-bond donors (Lipinski definition) is 1. The van der Waals surface area contributed by atoms with Gasteiger partial charge in [0.1, 0.15) is 5.84 Å². The molecule has 3 aromatic carbocycles. The largest absolute Gasteiger partial charge is 0.355 e. The van der Waals surface area contributed by atoms with E-state index in [0.717, 1.165) is 23.2 Å². The predicted molar refractivity (Wildman–Crippen MR) is 132 cm³/mol. The molecule has 164 valence electrons. The number of para-hydroxylation sites is 1. The first-order chi connectivity index (χ1) is 16.2. The van der Waals surface area contributed by atoms with Gasteiger partial charge in [0.25, 0.3) is 5.91 Å². The minimum Gasteiger partial charge on any atom is -0.355 e. The minimum absolute atomic E-state index is 0.0952. The Bertz CT molecular complexity index is 1240. The molecule has 2 amide bonds. The van der Waals surface area contributed by atoms with Gasteiger partial charge < -0.3 is 5.32 Å². The first-order valence-electron chi connectivity index (χ1n) is 10.8. The number of thioether (sulfide) groups is 1. The SMILES string of the molecule is O=C(CSC1=Nc2ccccc2C2=N[C@H](c3ccccc3)C(=O)N12)NCCc1ccccc1. The van der Waals surface area contributed by atoms with Crippen molar-refractivity contribution in [3.05, 3.63) is 102 Å². The lowest BCUT2D eigenvalue weighted by atomic mass is 10.1. The van der Waals surface area contributed by atoms with Crippen LogP contribution in [0.1, 0.15) is 22.7 Å². The molecule has 0 spiro atoms. The summed E-state index contributed by atoms with van der Waals surface area (Å²) in [6.07, 6.45) is 0.770. The number of rotatable bonds is 6. The number of aliphatic imine (C=N–C) groups is 2. The van der Waals surface area contributed by atoms with Crippen molar-refractivity contribution in [3.8, 4) is 0 Å². The molecule has 3 aromatic rings. The Hall–Kier alpha value is -3.71. The molecular formula is C26H22N4O2S. The predicted octanol–water partition coefficient (Wildman–Crippen LogP) is 4.11. The molecule has 6 nitrogen and oxygen atoms in total. The van der Waals surface area contributed by atoms with Crippen LogP contribution in [0.15, 0.2) is 94.9 Å². The van der Waals surface area contributed by atoms with Gasteiger partial charge in [-0.1, -0.05) is 84.6 Å². The van der Waals surface area contributed by atoms with Crippen molar-refractivity contribution in [2.45, 2.75) is 12.5 Å². The summed E-state index contributed by atoms with van der Waals surface area (Å²) in [5, 5.41) is 3.43. The van der Waals surface area contributed by atoms with E-state index in [0.29, 0.717) is 17.5 Å².